The fourth-order valence-electron chi connectivity index (χ4n) is 8.36. The van der Waals surface area contributed by atoms with Crippen molar-refractivity contribution >= 4 is 83.2 Å². The molecule has 5 nitrogen and oxygen atoms in total. The second kappa shape index (κ2) is 15.8. The van der Waals surface area contributed by atoms with Gasteiger partial charge < -0.3 is 4.57 Å². The van der Waals surface area contributed by atoms with Crippen LogP contribution in [0.25, 0.3) is 88.8 Å². The Morgan fingerprint density at radius 3 is 1.34 bits per heavy atom. The van der Waals surface area contributed by atoms with E-state index >= 15 is 0 Å². The maximum Gasteiger partial charge on any atom is 0.238 e. The van der Waals surface area contributed by atoms with Gasteiger partial charge in [-0.3, -0.25) is 4.57 Å². The van der Waals surface area contributed by atoms with Crippen molar-refractivity contribution in [1.29, 1.82) is 0 Å². The van der Waals surface area contributed by atoms with E-state index in [-0.39, 0.29) is 22.0 Å². The molecular weight excluding hydrogens is 831 g/mol. The molecule has 0 N–H and O–H groups in total. The lowest BCUT2D eigenvalue weighted by atomic mass is 10.0. The van der Waals surface area contributed by atoms with E-state index in [0.29, 0.717) is 0 Å². The molecule has 67 heavy (non-hydrogen) atoms. The number of fused-ring (bicyclic) bond motifs is 7. The van der Waals surface area contributed by atoms with Gasteiger partial charge in [0.1, 0.15) is 0 Å². The first-order valence-electron chi connectivity index (χ1n) is 37.4. The van der Waals surface area contributed by atoms with E-state index in [1.54, 1.807) is 12.1 Å². The highest BCUT2D eigenvalue weighted by molar-refractivity contribution is 7.19. The fraction of sp³-hybridized carbons (Fsp3) is 0. The number of benzene rings is 10. The smallest absolute Gasteiger partial charge is 0.238 e. The summed E-state index contributed by atoms with van der Waals surface area (Å²) in [6.45, 7) is 0. The van der Waals surface area contributed by atoms with Crippen LogP contribution in [0.15, 0.2) is 248 Å². The molecule has 13 rings (SSSR count). The van der Waals surface area contributed by atoms with Gasteiger partial charge in [-0.1, -0.05) is 218 Å². The highest BCUT2D eigenvalue weighted by atomic mass is 28.3. The van der Waals surface area contributed by atoms with Crippen molar-refractivity contribution in [3.8, 4) is 34.4 Å². The Hall–Kier alpha value is -8.71. The van der Waals surface area contributed by atoms with Gasteiger partial charge in [0.25, 0.3) is 0 Å². The molecule has 6 heteroatoms. The van der Waals surface area contributed by atoms with E-state index in [2.05, 4.69) is 0 Å². The first-order valence-corrected chi connectivity index (χ1v) is 21.9. The van der Waals surface area contributed by atoms with Crippen LogP contribution in [-0.4, -0.2) is 32.2 Å². The van der Waals surface area contributed by atoms with Gasteiger partial charge in [0.2, 0.25) is 5.95 Å². The first-order chi connectivity index (χ1) is 47.8. The largest absolute Gasteiger partial charge is 0.308 e. The Bertz CT molecular complexity index is 5700. The summed E-state index contributed by atoms with van der Waals surface area (Å²) in [5.74, 6) is -2.89. The summed E-state index contributed by atoms with van der Waals surface area (Å²) in [6.07, 6.45) is 0. The van der Waals surface area contributed by atoms with Gasteiger partial charge in [0, 0.05) is 27.1 Å². The van der Waals surface area contributed by atoms with E-state index in [0.717, 1.165) is 9.13 Å². The van der Waals surface area contributed by atoms with E-state index in [4.69, 9.17) is 38.3 Å². The molecule has 3 heterocycles. The predicted octanol–water partition coefficient (Wildman–Crippen LogP) is 11.9. The first kappa shape index (κ1) is 17.3. The zero-order chi connectivity index (χ0) is 74.8. The van der Waals surface area contributed by atoms with Gasteiger partial charge in [-0.2, -0.15) is 9.97 Å². The third-order valence-corrected chi connectivity index (χ3v) is 15.1. The molecule has 314 valence electrons. The summed E-state index contributed by atoms with van der Waals surface area (Å²) >= 11 is 0. The number of para-hydroxylation sites is 4. The Morgan fingerprint density at radius 1 is 0.358 bits per heavy atom. The molecule has 0 spiro atoms. The summed E-state index contributed by atoms with van der Waals surface area (Å²) < 4.78 is 328. The fourth-order valence-corrected chi connectivity index (χ4v) is 11.9. The van der Waals surface area contributed by atoms with Gasteiger partial charge >= 0.3 is 0 Å². The SMILES string of the molecule is [2H]c1c([2H])c([2H])c([Si](c2c([2H])c([2H])c([2H])c([2H])c2[2H])(c2c([2H])c([2H])c([2H])c([2H])c2[2H])c2c([2H])c([2H])c([2H])c(-c3nc(-c4c(-n5c6c([2H])c([2H])c([2H])c([2H])c6c6c([2H])c([2H])c([2H])c([2H])c65)ccc5ccccc45)nc(-n4c5c([2H])c([2H])c([2H])c([2H])c5c5c([2H])c([2H])c([2H])c([2H])c54)n3)c2[2H])c([2H])c1[2H]. The van der Waals surface area contributed by atoms with Gasteiger partial charge in [-0.15, -0.1) is 0 Å². The van der Waals surface area contributed by atoms with Crippen LogP contribution in [0.5, 0.6) is 0 Å². The van der Waals surface area contributed by atoms with Crippen molar-refractivity contribution in [2.24, 2.45) is 0 Å². The minimum Gasteiger partial charge on any atom is -0.308 e. The van der Waals surface area contributed by atoms with Crippen LogP contribution in [0.4, 0.5) is 0 Å². The molecule has 0 amide bonds. The summed E-state index contributed by atoms with van der Waals surface area (Å²) in [5, 5.41) is -6.66. The highest BCUT2D eigenvalue weighted by Crippen LogP contribution is 2.40. The van der Waals surface area contributed by atoms with E-state index < -0.39 is 307 Å². The number of hydrogen-bond donors (Lipinski definition) is 0. The van der Waals surface area contributed by atoms with Gasteiger partial charge in [-0.05, 0) is 61.8 Å². The van der Waals surface area contributed by atoms with Crippen LogP contribution in [0.3, 0.4) is 0 Å². The van der Waals surface area contributed by atoms with Crippen molar-refractivity contribution in [3.05, 3.63) is 248 Å². The molecular formula is C61H41N5Si. The topological polar surface area (TPSA) is 48.5 Å². The lowest BCUT2D eigenvalue weighted by Crippen LogP contribution is -2.74. The molecule has 0 radical (unpaired) electrons. The molecule has 0 bridgehead atoms. The molecule has 0 atom stereocenters. The average Bonchev–Trinajstić information content (AvgIpc) is 0.744. The maximum atomic E-state index is 10.8. The molecule has 3 aromatic heterocycles. The third-order valence-electron chi connectivity index (χ3n) is 11.1. The van der Waals surface area contributed by atoms with Crippen LogP contribution < -0.4 is 20.7 Å². The summed E-state index contributed by atoms with van der Waals surface area (Å²) in [5.41, 5.74) is -4.17. The molecule has 10 aromatic carbocycles. The monoisotopic (exact) mass is 907 g/mol. The van der Waals surface area contributed by atoms with Crippen LogP contribution >= 0.6 is 0 Å². The van der Waals surface area contributed by atoms with Crippen LogP contribution in [0.2, 0.25) is 0 Å². The molecule has 0 aliphatic rings. The van der Waals surface area contributed by atoms with Gasteiger partial charge in [-0.25, -0.2) is 4.98 Å². The van der Waals surface area contributed by atoms with Crippen molar-refractivity contribution < 1.29 is 48.0 Å². The predicted molar refractivity (Wildman–Crippen MR) is 280 cm³/mol. The van der Waals surface area contributed by atoms with Crippen molar-refractivity contribution in [2.45, 2.75) is 0 Å². The van der Waals surface area contributed by atoms with Crippen molar-refractivity contribution in [2.75, 3.05) is 0 Å². The Kier molecular flexibility index (Phi) is 4.06. The summed E-state index contributed by atoms with van der Waals surface area (Å²) in [7, 11) is -6.62. The third kappa shape index (κ3) is 6.11. The Balaban J connectivity index is 1.34. The van der Waals surface area contributed by atoms with Crippen LogP contribution in [0, 0.1) is 0 Å². The minimum absolute atomic E-state index is 0.0244. The molecule has 0 fully saturated rings. The van der Waals surface area contributed by atoms with Crippen LogP contribution in [0.1, 0.15) is 48.0 Å². The maximum absolute atomic E-state index is 10.8. The van der Waals surface area contributed by atoms with E-state index in [1.807, 2.05) is 0 Å². The summed E-state index contributed by atoms with van der Waals surface area (Å²) in [6, 6.07) is -29.6. The second-order valence-electron chi connectivity index (χ2n) is 14.5. The van der Waals surface area contributed by atoms with Crippen LogP contribution in [-0.2, 0) is 0 Å². The molecule has 13 aromatic rings. The Morgan fingerprint density at radius 2 is 0.806 bits per heavy atom. The number of nitrogens with zero attached hydrogens (tertiary/aromatic N) is 5. The second-order valence-corrected chi connectivity index (χ2v) is 18.0. The summed E-state index contributed by atoms with van der Waals surface area (Å²) in [4.78, 5) is 14.5. The highest BCUT2D eigenvalue weighted by Gasteiger charge is 2.41. The Labute approximate surface area is 437 Å². The van der Waals surface area contributed by atoms with Crippen molar-refractivity contribution in [3.63, 3.8) is 0 Å². The zero-order valence-electron chi connectivity index (χ0n) is 68.7. The molecule has 0 aliphatic heterocycles. The quantitative estimate of drug-likeness (QED) is 0.113. The normalized spacial score (nSPS) is 19.2. The average molecular weight is 907 g/mol. The lowest BCUT2D eigenvalue weighted by Gasteiger charge is -2.34. The molecule has 0 saturated heterocycles. The zero-order valence-corrected chi connectivity index (χ0v) is 34.7. The lowest BCUT2D eigenvalue weighted by molar-refractivity contribution is 0.953. The molecule has 0 saturated carbocycles. The number of rotatable bonds is 8. The molecule has 0 aliphatic carbocycles. The van der Waals surface area contributed by atoms with Crippen molar-refractivity contribution in [1.82, 2.24) is 24.1 Å². The minimum atomic E-state index is -6.62. The van der Waals surface area contributed by atoms with E-state index in [9.17, 15) is 24.7 Å². The van der Waals surface area contributed by atoms with E-state index in [1.165, 1.54) is 24.3 Å². The standard InChI is InChI=1S/C61H41N5Si/c1-4-23-44(24-5-1)67(45-25-6-2-7-26-45,46-27-8-3-9-28-46)47-29-20-22-43(41-47)59-62-60(64-61(63-59)66-55-37-18-14-33-51(55)52-34-15-19-38-56(52)66)58-48-30-11-10-21-42(48)39-40-57(58)65-53-35-16-12-31-49(53)50-32-13-17-36-54(50)65/h1-41H/i1D,2D,3D,4D,5D,6D,7D,8D,9D,12D,13D,14D,15D,16D,17D,18D,19D,20D,22D,23D,24D,25D,26D,27D,28D,29D,31D,32D,33D,34D,35D,36D,37D,38D,41D. The number of aromatic nitrogens is 5. The number of hydrogen-bond acceptors (Lipinski definition) is 3. The molecule has 0 unspecified atom stereocenters. The van der Waals surface area contributed by atoms with Gasteiger partial charge in [0.05, 0.1) is 81.3 Å². The van der Waals surface area contributed by atoms with Gasteiger partial charge in [0.15, 0.2) is 19.7 Å².